The van der Waals surface area contributed by atoms with E-state index < -0.39 is 6.04 Å². The average molecular weight is 653 g/mol. The minimum atomic E-state index is -0.772. The summed E-state index contributed by atoms with van der Waals surface area (Å²) in [4.78, 5) is 29.2. The number of nitrogens with zero attached hydrogens (tertiary/aromatic N) is 1. The molecule has 0 bridgehead atoms. The van der Waals surface area contributed by atoms with Crippen molar-refractivity contribution in [3.63, 3.8) is 0 Å². The van der Waals surface area contributed by atoms with Gasteiger partial charge in [-0.3, -0.25) is 9.59 Å². The van der Waals surface area contributed by atoms with Crippen LogP contribution in [0.5, 0.6) is 5.75 Å². The van der Waals surface area contributed by atoms with Gasteiger partial charge in [-0.05, 0) is 70.2 Å². The van der Waals surface area contributed by atoms with Gasteiger partial charge in [0.2, 0.25) is 5.91 Å². The highest BCUT2D eigenvalue weighted by molar-refractivity contribution is 9.10. The Hall–Kier alpha value is -2.25. The van der Waals surface area contributed by atoms with E-state index in [4.69, 9.17) is 39.5 Å². The smallest absolute Gasteiger partial charge is 0.261 e. The summed E-state index contributed by atoms with van der Waals surface area (Å²) in [6.07, 6.45) is 5.57. The summed E-state index contributed by atoms with van der Waals surface area (Å²) in [5.74, 6) is -0.0528. The normalized spacial score (nSPS) is 14.5. The van der Waals surface area contributed by atoms with Gasteiger partial charge in [0, 0.05) is 34.1 Å². The Balaban J connectivity index is 1.64. The molecule has 0 radical (unpaired) electrons. The highest BCUT2D eigenvalue weighted by Crippen LogP contribution is 2.29. The van der Waals surface area contributed by atoms with Gasteiger partial charge in [-0.25, -0.2) is 0 Å². The summed E-state index contributed by atoms with van der Waals surface area (Å²) in [5, 5.41) is 4.68. The molecule has 1 unspecified atom stereocenters. The van der Waals surface area contributed by atoms with Gasteiger partial charge in [0.05, 0.1) is 4.47 Å². The Morgan fingerprint density at radius 2 is 1.64 bits per heavy atom. The lowest BCUT2D eigenvalue weighted by Gasteiger charge is -2.33. The summed E-state index contributed by atoms with van der Waals surface area (Å²) in [7, 11) is 0. The molecule has 0 saturated heterocycles. The first-order valence-electron chi connectivity index (χ1n) is 13.0. The maximum Gasteiger partial charge on any atom is 0.261 e. The van der Waals surface area contributed by atoms with Crippen molar-refractivity contribution in [2.24, 2.45) is 0 Å². The Morgan fingerprint density at radius 3 is 2.33 bits per heavy atom. The number of benzene rings is 3. The van der Waals surface area contributed by atoms with E-state index >= 15 is 0 Å². The summed E-state index contributed by atoms with van der Waals surface area (Å²) < 4.78 is 6.50. The van der Waals surface area contributed by atoms with Crippen LogP contribution in [0.1, 0.15) is 43.2 Å². The zero-order valence-electron chi connectivity index (χ0n) is 21.3. The molecule has 4 rings (SSSR count). The van der Waals surface area contributed by atoms with Crippen molar-refractivity contribution in [3.8, 4) is 5.75 Å². The minimum Gasteiger partial charge on any atom is -0.483 e. The molecule has 3 aromatic carbocycles. The van der Waals surface area contributed by atoms with Crippen molar-refractivity contribution >= 4 is 62.5 Å². The van der Waals surface area contributed by atoms with Gasteiger partial charge < -0.3 is 15.0 Å². The third-order valence-corrected chi connectivity index (χ3v) is 8.27. The number of hydrogen-bond donors (Lipinski definition) is 1. The largest absolute Gasteiger partial charge is 0.483 e. The molecule has 0 aromatic heterocycles. The van der Waals surface area contributed by atoms with Crippen LogP contribution < -0.4 is 10.1 Å². The molecule has 1 aliphatic rings. The molecular formula is C30H30BrCl3N2O3. The van der Waals surface area contributed by atoms with Gasteiger partial charge in [-0.1, -0.05) is 90.5 Å². The van der Waals surface area contributed by atoms with E-state index in [1.807, 2.05) is 30.3 Å². The second kappa shape index (κ2) is 14.4. The van der Waals surface area contributed by atoms with Gasteiger partial charge >= 0.3 is 0 Å². The van der Waals surface area contributed by atoms with Gasteiger partial charge in [0.1, 0.15) is 11.8 Å². The molecule has 206 valence electrons. The quantitative estimate of drug-likeness (QED) is 0.243. The summed E-state index contributed by atoms with van der Waals surface area (Å²) in [6.45, 7) is -0.150. The van der Waals surface area contributed by atoms with Crippen molar-refractivity contribution in [1.29, 1.82) is 0 Å². The average Bonchev–Trinajstić information content (AvgIpc) is 2.92. The van der Waals surface area contributed by atoms with E-state index in [0.717, 1.165) is 31.2 Å². The van der Waals surface area contributed by atoms with E-state index in [1.165, 1.54) is 6.42 Å². The molecule has 0 aliphatic heterocycles. The van der Waals surface area contributed by atoms with E-state index in [1.54, 1.807) is 41.3 Å². The molecule has 39 heavy (non-hydrogen) atoms. The first-order valence-corrected chi connectivity index (χ1v) is 14.9. The molecule has 1 saturated carbocycles. The summed E-state index contributed by atoms with van der Waals surface area (Å²) in [6, 6.07) is 19.2. The Bertz CT molecular complexity index is 1290. The number of hydrogen-bond acceptors (Lipinski definition) is 3. The fourth-order valence-corrected chi connectivity index (χ4v) is 6.01. The molecular weight excluding hydrogens is 623 g/mol. The highest BCUT2D eigenvalue weighted by Gasteiger charge is 2.32. The van der Waals surface area contributed by atoms with Crippen LogP contribution in [0.4, 0.5) is 0 Å². The Kier molecular flexibility index (Phi) is 11.0. The molecule has 5 nitrogen and oxygen atoms in total. The van der Waals surface area contributed by atoms with Crippen LogP contribution in [0.3, 0.4) is 0 Å². The van der Waals surface area contributed by atoms with E-state index in [0.29, 0.717) is 37.3 Å². The van der Waals surface area contributed by atoms with E-state index in [2.05, 4.69) is 21.2 Å². The van der Waals surface area contributed by atoms with Crippen LogP contribution in [-0.4, -0.2) is 35.4 Å². The van der Waals surface area contributed by atoms with Crippen molar-refractivity contribution in [1.82, 2.24) is 10.2 Å². The maximum absolute atomic E-state index is 13.8. The van der Waals surface area contributed by atoms with Crippen LogP contribution >= 0.6 is 50.7 Å². The molecule has 0 heterocycles. The number of carbonyl (C=O) groups is 2. The van der Waals surface area contributed by atoms with Crippen LogP contribution in [0.25, 0.3) is 0 Å². The predicted molar refractivity (Wildman–Crippen MR) is 161 cm³/mol. The molecule has 1 atom stereocenters. The molecule has 3 aromatic rings. The summed E-state index contributed by atoms with van der Waals surface area (Å²) in [5.41, 5.74) is 1.63. The molecule has 1 N–H and O–H groups in total. The number of carbonyl (C=O) groups excluding carboxylic acids is 2. The summed E-state index contributed by atoms with van der Waals surface area (Å²) >= 11 is 22.1. The zero-order valence-corrected chi connectivity index (χ0v) is 25.2. The molecule has 0 spiro atoms. The molecule has 1 aliphatic carbocycles. The highest BCUT2D eigenvalue weighted by atomic mass is 79.9. The first kappa shape index (κ1) is 29.7. The third kappa shape index (κ3) is 8.62. The zero-order chi connectivity index (χ0) is 27.8. The number of nitrogens with one attached hydrogen (secondary N) is 1. The fourth-order valence-electron chi connectivity index (χ4n) is 4.75. The van der Waals surface area contributed by atoms with Crippen LogP contribution in [0.15, 0.2) is 71.2 Å². The van der Waals surface area contributed by atoms with Gasteiger partial charge in [0.15, 0.2) is 6.61 Å². The van der Waals surface area contributed by atoms with E-state index in [-0.39, 0.29) is 31.0 Å². The molecule has 9 heteroatoms. The maximum atomic E-state index is 13.8. The second-order valence-corrected chi connectivity index (χ2v) is 11.8. The van der Waals surface area contributed by atoms with Crippen LogP contribution in [0.2, 0.25) is 15.1 Å². The van der Waals surface area contributed by atoms with Gasteiger partial charge in [-0.15, -0.1) is 0 Å². The Labute approximate surface area is 252 Å². The van der Waals surface area contributed by atoms with Gasteiger partial charge in [-0.2, -0.15) is 0 Å². The van der Waals surface area contributed by atoms with Crippen LogP contribution in [0, 0.1) is 0 Å². The topological polar surface area (TPSA) is 58.6 Å². The number of rotatable bonds is 10. The van der Waals surface area contributed by atoms with Crippen molar-refractivity contribution in [2.45, 2.75) is 57.2 Å². The lowest BCUT2D eigenvalue weighted by atomic mass is 9.94. The minimum absolute atomic E-state index is 0.0990. The lowest BCUT2D eigenvalue weighted by Crippen LogP contribution is -2.53. The lowest BCUT2D eigenvalue weighted by molar-refractivity contribution is -0.143. The van der Waals surface area contributed by atoms with Crippen molar-refractivity contribution < 1.29 is 14.3 Å². The molecule has 1 fully saturated rings. The number of halogens is 4. The number of ether oxygens (including phenoxy) is 1. The van der Waals surface area contributed by atoms with Crippen molar-refractivity contribution in [3.05, 3.63) is 97.4 Å². The monoisotopic (exact) mass is 650 g/mol. The first-order chi connectivity index (χ1) is 18.8. The van der Waals surface area contributed by atoms with Crippen molar-refractivity contribution in [2.75, 3.05) is 6.61 Å². The SMILES string of the molecule is O=C(NC1CCCCC1)C(Cc1ccccc1)N(Cc1ccc(Cl)cc1Cl)C(=O)COc1ccc(Cl)cc1Br. The molecule has 2 amide bonds. The Morgan fingerprint density at radius 1 is 0.949 bits per heavy atom. The second-order valence-electron chi connectivity index (χ2n) is 9.67. The van der Waals surface area contributed by atoms with Gasteiger partial charge in [0.25, 0.3) is 5.91 Å². The fraction of sp³-hybridized carbons (Fsp3) is 0.333. The number of amides is 2. The predicted octanol–water partition coefficient (Wildman–Crippen LogP) is 7.88. The van der Waals surface area contributed by atoms with Crippen LogP contribution in [-0.2, 0) is 22.6 Å². The standard InChI is InChI=1S/C30H30BrCl3N2O3/c31-25-16-22(32)13-14-28(25)39-19-29(37)36(18-21-11-12-23(33)17-26(21)34)27(15-20-7-3-1-4-8-20)30(38)35-24-9-5-2-6-10-24/h1,3-4,7-8,11-14,16-17,24,27H,2,5-6,9-10,15,18-19H2,(H,35,38). The third-order valence-electron chi connectivity index (χ3n) is 6.82. The van der Waals surface area contributed by atoms with E-state index in [9.17, 15) is 9.59 Å².